The first kappa shape index (κ1) is 14.7. The minimum Gasteiger partial charge on any atom is -0.465 e. The highest BCUT2D eigenvalue weighted by Crippen LogP contribution is 2.30. The van der Waals surface area contributed by atoms with Gasteiger partial charge >= 0.3 is 5.97 Å². The number of nitrogen functional groups attached to an aromatic ring is 1. The van der Waals surface area contributed by atoms with Crippen LogP contribution in [0.2, 0.25) is 0 Å². The third kappa shape index (κ3) is 3.58. The van der Waals surface area contributed by atoms with Crippen LogP contribution in [-0.2, 0) is 4.74 Å². The second-order valence-corrected chi connectivity index (χ2v) is 4.70. The number of carbonyl (C=O) groups excluding carboxylic acids is 1. The lowest BCUT2D eigenvalue weighted by atomic mass is 10.2. The number of hydrogen-bond donors (Lipinski definition) is 2. The molecule has 0 bridgehead atoms. The number of aliphatic hydroxyl groups is 1. The first-order valence-corrected chi connectivity index (χ1v) is 6.54. The average Bonchev–Trinajstić information content (AvgIpc) is 2.75. The summed E-state index contributed by atoms with van der Waals surface area (Å²) in [7, 11) is 3.21. The molecule has 1 rings (SSSR count). The van der Waals surface area contributed by atoms with Crippen LogP contribution in [0, 0.1) is 0 Å². The Morgan fingerprint density at radius 3 is 2.83 bits per heavy atom. The lowest BCUT2D eigenvalue weighted by Crippen LogP contribution is -2.20. The maximum absolute atomic E-state index is 11.6. The monoisotopic (exact) mass is 273 g/mol. The molecule has 0 unspecified atom stereocenters. The fourth-order valence-corrected chi connectivity index (χ4v) is 2.37. The van der Waals surface area contributed by atoms with Gasteiger partial charge < -0.3 is 20.5 Å². The molecule has 0 aliphatic carbocycles. The predicted molar refractivity (Wildman–Crippen MR) is 72.1 cm³/mol. The number of hydrogen-bond acceptors (Lipinski definition) is 7. The van der Waals surface area contributed by atoms with E-state index in [2.05, 4.69) is 4.37 Å². The molecular formula is C11H19N3O3S. The van der Waals surface area contributed by atoms with Crippen LogP contribution in [0.4, 0.5) is 10.8 Å². The van der Waals surface area contributed by atoms with E-state index < -0.39 is 5.97 Å². The highest BCUT2D eigenvalue weighted by molar-refractivity contribution is 7.11. The van der Waals surface area contributed by atoms with E-state index in [1.807, 2.05) is 11.9 Å². The van der Waals surface area contributed by atoms with Crippen LogP contribution >= 0.6 is 11.5 Å². The molecule has 7 heteroatoms. The Kier molecular flexibility index (Phi) is 5.87. The molecule has 0 amide bonds. The van der Waals surface area contributed by atoms with Crippen molar-refractivity contribution in [3.63, 3.8) is 0 Å². The molecule has 18 heavy (non-hydrogen) atoms. The highest BCUT2D eigenvalue weighted by atomic mass is 32.1. The third-order valence-corrected chi connectivity index (χ3v) is 3.57. The Morgan fingerprint density at radius 2 is 2.22 bits per heavy atom. The molecule has 1 heterocycles. The van der Waals surface area contributed by atoms with Crippen LogP contribution in [-0.4, -0.2) is 42.8 Å². The summed E-state index contributed by atoms with van der Waals surface area (Å²) < 4.78 is 8.69. The normalized spacial score (nSPS) is 10.4. The highest BCUT2D eigenvalue weighted by Gasteiger charge is 2.22. The van der Waals surface area contributed by atoms with Gasteiger partial charge in [-0.05, 0) is 30.8 Å². The van der Waals surface area contributed by atoms with Gasteiger partial charge in [-0.25, -0.2) is 4.79 Å². The second kappa shape index (κ2) is 7.17. The van der Waals surface area contributed by atoms with E-state index in [9.17, 15) is 4.79 Å². The Morgan fingerprint density at radius 1 is 1.50 bits per heavy atom. The predicted octanol–water partition coefficient (Wildman–Crippen LogP) is 1.11. The number of ether oxygens (including phenoxy) is 1. The van der Waals surface area contributed by atoms with Gasteiger partial charge in [0, 0.05) is 20.2 Å². The number of nitrogens with two attached hydrogens (primary N) is 1. The number of rotatable bonds is 7. The fraction of sp³-hybridized carbons (Fsp3) is 0.636. The summed E-state index contributed by atoms with van der Waals surface area (Å²) >= 11 is 1.19. The maximum Gasteiger partial charge on any atom is 0.344 e. The molecule has 0 fully saturated rings. The number of esters is 1. The van der Waals surface area contributed by atoms with E-state index in [0.29, 0.717) is 5.56 Å². The Balaban J connectivity index is 2.67. The van der Waals surface area contributed by atoms with Gasteiger partial charge in [-0.3, -0.25) is 0 Å². The standard InChI is InChI=1S/C11H19N3O3S/c1-14(6-4-3-5-7-15)10-8(11(16)17-2)9(12)13-18-10/h15H,3-7H2,1-2H3,(H2,12,13). The fourth-order valence-electron chi connectivity index (χ4n) is 1.59. The van der Waals surface area contributed by atoms with E-state index in [1.54, 1.807) is 0 Å². The van der Waals surface area contributed by atoms with E-state index in [4.69, 9.17) is 15.6 Å². The van der Waals surface area contributed by atoms with Gasteiger partial charge in [0.1, 0.15) is 10.6 Å². The minimum absolute atomic E-state index is 0.212. The topological polar surface area (TPSA) is 88.7 Å². The third-order valence-electron chi connectivity index (χ3n) is 2.59. The van der Waals surface area contributed by atoms with Gasteiger partial charge in [0.15, 0.2) is 5.82 Å². The van der Waals surface area contributed by atoms with Gasteiger partial charge in [0.05, 0.1) is 7.11 Å². The van der Waals surface area contributed by atoms with Crippen LogP contribution in [0.5, 0.6) is 0 Å². The molecule has 3 N–H and O–H groups in total. The summed E-state index contributed by atoms with van der Waals surface area (Å²) in [6.07, 6.45) is 2.68. The van der Waals surface area contributed by atoms with Crippen LogP contribution in [0.1, 0.15) is 29.6 Å². The first-order valence-electron chi connectivity index (χ1n) is 5.77. The quantitative estimate of drug-likeness (QED) is 0.571. The zero-order valence-electron chi connectivity index (χ0n) is 10.7. The number of aromatic nitrogens is 1. The molecular weight excluding hydrogens is 254 g/mol. The number of unbranched alkanes of at least 4 members (excludes halogenated alkanes) is 2. The molecule has 102 valence electrons. The lowest BCUT2D eigenvalue weighted by molar-refractivity contribution is 0.0603. The average molecular weight is 273 g/mol. The van der Waals surface area contributed by atoms with E-state index >= 15 is 0 Å². The van der Waals surface area contributed by atoms with Gasteiger partial charge in [-0.15, -0.1) is 0 Å². The number of aliphatic hydroxyl groups excluding tert-OH is 1. The minimum atomic E-state index is -0.460. The number of methoxy groups -OCH3 is 1. The maximum atomic E-state index is 11.6. The summed E-state index contributed by atoms with van der Waals surface area (Å²) in [5.41, 5.74) is 6.01. The number of nitrogens with zero attached hydrogens (tertiary/aromatic N) is 2. The zero-order chi connectivity index (χ0) is 13.5. The molecule has 0 spiro atoms. The molecule has 0 saturated heterocycles. The largest absolute Gasteiger partial charge is 0.465 e. The van der Waals surface area contributed by atoms with Crippen LogP contribution < -0.4 is 10.6 Å². The van der Waals surface area contributed by atoms with Crippen LogP contribution in [0.3, 0.4) is 0 Å². The molecule has 0 radical (unpaired) electrons. The Hall–Kier alpha value is -1.34. The van der Waals surface area contributed by atoms with E-state index in [-0.39, 0.29) is 12.4 Å². The van der Waals surface area contributed by atoms with Crippen molar-refractivity contribution < 1.29 is 14.6 Å². The zero-order valence-corrected chi connectivity index (χ0v) is 11.5. The molecule has 1 aromatic heterocycles. The van der Waals surface area contributed by atoms with Crippen molar-refractivity contribution in [2.45, 2.75) is 19.3 Å². The van der Waals surface area contributed by atoms with Crippen molar-refractivity contribution in [1.29, 1.82) is 0 Å². The van der Waals surface area contributed by atoms with Gasteiger partial charge in [-0.2, -0.15) is 4.37 Å². The van der Waals surface area contributed by atoms with Crippen molar-refractivity contribution in [2.75, 3.05) is 37.9 Å². The summed E-state index contributed by atoms with van der Waals surface area (Å²) in [6.45, 7) is 0.996. The van der Waals surface area contributed by atoms with Crippen LogP contribution in [0.15, 0.2) is 0 Å². The molecule has 0 aromatic carbocycles. The summed E-state index contributed by atoms with van der Waals surface area (Å²) in [5, 5.41) is 9.43. The van der Waals surface area contributed by atoms with Gasteiger partial charge in [0.2, 0.25) is 0 Å². The van der Waals surface area contributed by atoms with E-state index in [0.717, 1.165) is 30.8 Å². The van der Waals surface area contributed by atoms with Gasteiger partial charge in [0.25, 0.3) is 0 Å². The van der Waals surface area contributed by atoms with Gasteiger partial charge in [-0.1, -0.05) is 0 Å². The summed E-state index contributed by atoms with van der Waals surface area (Å²) in [6, 6.07) is 0. The summed E-state index contributed by atoms with van der Waals surface area (Å²) in [5.74, 6) is -0.248. The molecule has 0 atom stereocenters. The first-order chi connectivity index (χ1) is 8.61. The molecule has 6 nitrogen and oxygen atoms in total. The van der Waals surface area contributed by atoms with Crippen molar-refractivity contribution in [1.82, 2.24) is 4.37 Å². The summed E-state index contributed by atoms with van der Waals surface area (Å²) in [4.78, 5) is 13.5. The van der Waals surface area contributed by atoms with Crippen molar-refractivity contribution >= 4 is 28.3 Å². The van der Waals surface area contributed by atoms with Crippen molar-refractivity contribution in [2.24, 2.45) is 0 Å². The SMILES string of the molecule is COC(=O)c1c(N)nsc1N(C)CCCCCO. The Labute approximate surface area is 111 Å². The van der Waals surface area contributed by atoms with E-state index in [1.165, 1.54) is 18.6 Å². The molecule has 1 aromatic rings. The second-order valence-electron chi connectivity index (χ2n) is 3.95. The molecule has 0 aliphatic heterocycles. The van der Waals surface area contributed by atoms with Crippen molar-refractivity contribution in [3.05, 3.63) is 5.56 Å². The smallest absolute Gasteiger partial charge is 0.344 e. The Bertz CT molecular complexity index is 395. The molecule has 0 saturated carbocycles. The van der Waals surface area contributed by atoms with Crippen molar-refractivity contribution in [3.8, 4) is 0 Å². The van der Waals surface area contributed by atoms with Crippen LogP contribution in [0.25, 0.3) is 0 Å². The molecule has 0 aliphatic rings. The number of carbonyl (C=O) groups is 1. The number of anilines is 2. The lowest BCUT2D eigenvalue weighted by Gasteiger charge is -2.17.